The maximum Gasteiger partial charge on any atom is 0.0547 e. The first-order valence-corrected chi connectivity index (χ1v) is 15.7. The Balaban J connectivity index is 1.32. The molecule has 0 unspecified atom stereocenters. The lowest BCUT2D eigenvalue weighted by Gasteiger charge is -2.14. The van der Waals surface area contributed by atoms with Gasteiger partial charge in [0.15, 0.2) is 0 Å². The van der Waals surface area contributed by atoms with Crippen LogP contribution in [0.15, 0.2) is 174 Å². The summed E-state index contributed by atoms with van der Waals surface area (Å²) in [6.07, 6.45) is 0. The van der Waals surface area contributed by atoms with Crippen LogP contribution in [0.5, 0.6) is 0 Å². The first kappa shape index (κ1) is 26.4. The Bertz CT molecular complexity index is 2200. The molecule has 0 fully saturated rings. The molecular formula is C42H28BrN. The molecule has 0 radical (unpaired) electrons. The van der Waals surface area contributed by atoms with Crippen LogP contribution >= 0.6 is 15.9 Å². The summed E-state index contributed by atoms with van der Waals surface area (Å²) in [5.74, 6) is 0. The zero-order valence-electron chi connectivity index (χ0n) is 24.0. The highest BCUT2D eigenvalue weighted by molar-refractivity contribution is 9.10. The van der Waals surface area contributed by atoms with Crippen LogP contribution < -0.4 is 0 Å². The van der Waals surface area contributed by atoms with Crippen molar-refractivity contribution in [3.8, 4) is 50.2 Å². The van der Waals surface area contributed by atoms with Crippen molar-refractivity contribution >= 4 is 37.7 Å². The van der Waals surface area contributed by atoms with Gasteiger partial charge in [0.05, 0.1) is 11.0 Å². The molecule has 0 saturated carbocycles. The van der Waals surface area contributed by atoms with Crippen LogP contribution in [-0.2, 0) is 0 Å². The smallest absolute Gasteiger partial charge is 0.0547 e. The molecule has 0 aliphatic rings. The van der Waals surface area contributed by atoms with Crippen molar-refractivity contribution in [1.82, 2.24) is 4.57 Å². The second-order valence-corrected chi connectivity index (χ2v) is 12.1. The lowest BCUT2D eigenvalue weighted by Crippen LogP contribution is -1.96. The Kier molecular flexibility index (Phi) is 6.70. The van der Waals surface area contributed by atoms with Crippen LogP contribution in [0.3, 0.4) is 0 Å². The van der Waals surface area contributed by atoms with E-state index in [2.05, 4.69) is 190 Å². The Hall–Kier alpha value is -5.18. The molecule has 0 saturated heterocycles. The van der Waals surface area contributed by atoms with Crippen molar-refractivity contribution in [1.29, 1.82) is 0 Å². The number of benzene rings is 7. The molecule has 1 nitrogen and oxygen atoms in total. The van der Waals surface area contributed by atoms with E-state index in [1.54, 1.807) is 0 Å². The summed E-state index contributed by atoms with van der Waals surface area (Å²) >= 11 is 3.61. The highest BCUT2D eigenvalue weighted by Crippen LogP contribution is 2.38. The second-order valence-electron chi connectivity index (χ2n) is 11.2. The molecule has 0 aliphatic heterocycles. The first-order valence-electron chi connectivity index (χ1n) is 14.9. The number of para-hydroxylation sites is 1. The predicted molar refractivity (Wildman–Crippen MR) is 190 cm³/mol. The monoisotopic (exact) mass is 625 g/mol. The molecule has 0 N–H and O–H groups in total. The van der Waals surface area contributed by atoms with Gasteiger partial charge in [-0.25, -0.2) is 0 Å². The van der Waals surface area contributed by atoms with Crippen LogP contribution in [0.4, 0.5) is 0 Å². The van der Waals surface area contributed by atoms with E-state index >= 15 is 0 Å². The fraction of sp³-hybridized carbons (Fsp3) is 0. The molecule has 1 aromatic heterocycles. The number of fused-ring (bicyclic) bond motifs is 3. The normalized spacial score (nSPS) is 11.3. The van der Waals surface area contributed by atoms with E-state index in [0.29, 0.717) is 0 Å². The highest BCUT2D eigenvalue weighted by Gasteiger charge is 2.15. The molecule has 8 aromatic rings. The summed E-state index contributed by atoms with van der Waals surface area (Å²) in [7, 11) is 0. The van der Waals surface area contributed by atoms with Gasteiger partial charge in [-0.05, 0) is 87.0 Å². The molecule has 7 aromatic carbocycles. The molecule has 2 heteroatoms. The Labute approximate surface area is 265 Å². The second kappa shape index (κ2) is 11.1. The summed E-state index contributed by atoms with van der Waals surface area (Å²) < 4.78 is 3.52. The third-order valence-electron chi connectivity index (χ3n) is 8.44. The topological polar surface area (TPSA) is 4.93 Å². The minimum absolute atomic E-state index is 1.09. The number of hydrogen-bond donors (Lipinski definition) is 0. The van der Waals surface area contributed by atoms with Crippen molar-refractivity contribution in [2.45, 2.75) is 0 Å². The van der Waals surface area contributed by atoms with Gasteiger partial charge >= 0.3 is 0 Å². The van der Waals surface area contributed by atoms with Gasteiger partial charge in [0.25, 0.3) is 0 Å². The molecule has 1 heterocycles. The quantitative estimate of drug-likeness (QED) is 0.179. The van der Waals surface area contributed by atoms with Crippen molar-refractivity contribution in [2.24, 2.45) is 0 Å². The van der Waals surface area contributed by atoms with E-state index in [0.717, 1.165) is 10.2 Å². The maximum absolute atomic E-state index is 3.61. The summed E-state index contributed by atoms with van der Waals surface area (Å²) in [5.41, 5.74) is 13.2. The molecule has 0 bridgehead atoms. The number of rotatable bonds is 5. The minimum atomic E-state index is 1.09. The predicted octanol–water partition coefficient (Wildman–Crippen LogP) is 12.2. The molecule has 8 rings (SSSR count). The fourth-order valence-corrected chi connectivity index (χ4v) is 6.69. The van der Waals surface area contributed by atoms with Crippen LogP contribution in [0, 0.1) is 0 Å². The van der Waals surface area contributed by atoms with Crippen LogP contribution in [-0.4, -0.2) is 4.57 Å². The first-order chi connectivity index (χ1) is 21.7. The van der Waals surface area contributed by atoms with Crippen LogP contribution in [0.1, 0.15) is 0 Å². The number of hydrogen-bond acceptors (Lipinski definition) is 0. The van der Waals surface area contributed by atoms with Gasteiger partial charge in [0.1, 0.15) is 0 Å². The Morgan fingerprint density at radius 1 is 0.318 bits per heavy atom. The van der Waals surface area contributed by atoms with Crippen molar-refractivity contribution in [3.63, 3.8) is 0 Å². The average molecular weight is 627 g/mol. The van der Waals surface area contributed by atoms with Crippen molar-refractivity contribution in [2.75, 3.05) is 0 Å². The van der Waals surface area contributed by atoms with E-state index < -0.39 is 0 Å². The number of nitrogens with zero attached hydrogens (tertiary/aromatic N) is 1. The van der Waals surface area contributed by atoms with Gasteiger partial charge in [-0.1, -0.05) is 143 Å². The largest absolute Gasteiger partial charge is 0.309 e. The fourth-order valence-electron chi connectivity index (χ4n) is 6.29. The van der Waals surface area contributed by atoms with Gasteiger partial charge < -0.3 is 4.57 Å². The molecule has 0 aliphatic carbocycles. The molecule has 0 amide bonds. The van der Waals surface area contributed by atoms with E-state index in [1.807, 2.05) is 0 Å². The SMILES string of the molecule is Brc1cccc(-c2ccc(-c3ccc4c5ccccc5n(-c5cc(-c6ccccc6)cc(-c6ccccc6)c5)c4c3)cc2)c1. The summed E-state index contributed by atoms with van der Waals surface area (Å²) in [4.78, 5) is 0. The Morgan fingerprint density at radius 3 is 1.45 bits per heavy atom. The van der Waals surface area contributed by atoms with Crippen LogP contribution in [0.2, 0.25) is 0 Å². The number of aromatic nitrogens is 1. The van der Waals surface area contributed by atoms with E-state index in [4.69, 9.17) is 0 Å². The average Bonchev–Trinajstić information content (AvgIpc) is 3.43. The zero-order chi connectivity index (χ0) is 29.5. The molecular weight excluding hydrogens is 598 g/mol. The zero-order valence-corrected chi connectivity index (χ0v) is 25.6. The third kappa shape index (κ3) is 4.84. The lowest BCUT2D eigenvalue weighted by molar-refractivity contribution is 1.18. The highest BCUT2D eigenvalue weighted by atomic mass is 79.9. The third-order valence-corrected chi connectivity index (χ3v) is 8.93. The molecule has 0 spiro atoms. The molecule has 0 atom stereocenters. The van der Waals surface area contributed by atoms with Crippen LogP contribution in [0.25, 0.3) is 72.0 Å². The van der Waals surface area contributed by atoms with Gasteiger partial charge in [-0.15, -0.1) is 0 Å². The summed E-state index contributed by atoms with van der Waals surface area (Å²) in [6.45, 7) is 0. The summed E-state index contributed by atoms with van der Waals surface area (Å²) in [5, 5.41) is 2.51. The van der Waals surface area contributed by atoms with E-state index in [1.165, 1.54) is 66.3 Å². The van der Waals surface area contributed by atoms with Gasteiger partial charge in [-0.2, -0.15) is 0 Å². The van der Waals surface area contributed by atoms with Gasteiger partial charge in [-0.3, -0.25) is 0 Å². The molecule has 44 heavy (non-hydrogen) atoms. The van der Waals surface area contributed by atoms with Crippen molar-refractivity contribution < 1.29 is 0 Å². The standard InChI is InChI=1S/C42H28BrN/c43-37-15-9-14-33(25-37)31-18-20-32(21-19-31)34-22-23-40-39-16-7-8-17-41(39)44(42(40)28-34)38-26-35(29-10-3-1-4-11-29)24-36(27-38)30-12-5-2-6-13-30/h1-28H. The van der Waals surface area contributed by atoms with Gasteiger partial charge in [0.2, 0.25) is 0 Å². The van der Waals surface area contributed by atoms with Gasteiger partial charge in [0, 0.05) is 20.9 Å². The van der Waals surface area contributed by atoms with E-state index in [-0.39, 0.29) is 0 Å². The Morgan fingerprint density at radius 2 is 0.818 bits per heavy atom. The maximum atomic E-state index is 3.61. The van der Waals surface area contributed by atoms with E-state index in [9.17, 15) is 0 Å². The van der Waals surface area contributed by atoms with Crippen molar-refractivity contribution in [3.05, 3.63) is 174 Å². The number of halogens is 1. The summed E-state index contributed by atoms with van der Waals surface area (Å²) in [6, 6.07) is 61.3. The lowest BCUT2D eigenvalue weighted by atomic mass is 9.97. The minimum Gasteiger partial charge on any atom is -0.309 e. The molecule has 208 valence electrons.